The van der Waals surface area contributed by atoms with Crippen LogP contribution in [0.5, 0.6) is 0 Å². The second-order valence-electron chi connectivity index (χ2n) is 3.05. The molecule has 1 fully saturated rings. The van der Waals surface area contributed by atoms with Gasteiger partial charge in [0.1, 0.15) is 30.5 Å². The van der Waals surface area contributed by atoms with Crippen molar-refractivity contribution in [2.75, 3.05) is 13.2 Å². The van der Waals surface area contributed by atoms with Crippen LogP contribution in [-0.4, -0.2) is 69.3 Å². The summed E-state index contributed by atoms with van der Waals surface area (Å²) < 4.78 is 4.92. The van der Waals surface area contributed by atoms with Gasteiger partial charge in [0.2, 0.25) is 0 Å². The number of aliphatic hydroxyl groups excluding tert-OH is 5. The first-order chi connectivity index (χ1) is 6.11. The molecule has 0 bridgehead atoms. The lowest BCUT2D eigenvalue weighted by Crippen LogP contribution is -2.59. The Morgan fingerprint density at radius 1 is 0.769 bits per heavy atom. The smallest absolute Gasteiger partial charge is 0.111 e. The number of hydrogen-bond acceptors (Lipinski definition) is 6. The van der Waals surface area contributed by atoms with Gasteiger partial charge in [-0.2, -0.15) is 0 Å². The Kier molecular flexibility index (Phi) is 3.60. The Morgan fingerprint density at radius 3 is 1.46 bits per heavy atom. The third kappa shape index (κ3) is 1.98. The lowest BCUT2D eigenvalue weighted by atomic mass is 9.95. The molecular formula is C7H14O6. The minimum atomic E-state index is -1.40. The van der Waals surface area contributed by atoms with Crippen molar-refractivity contribution in [2.45, 2.75) is 30.5 Å². The van der Waals surface area contributed by atoms with Crippen molar-refractivity contribution < 1.29 is 30.3 Å². The normalized spacial score (nSPS) is 46.4. The minimum Gasteiger partial charge on any atom is -0.394 e. The van der Waals surface area contributed by atoms with Crippen LogP contribution in [0.15, 0.2) is 0 Å². The molecule has 13 heavy (non-hydrogen) atoms. The van der Waals surface area contributed by atoms with Crippen molar-refractivity contribution in [3.63, 3.8) is 0 Å². The van der Waals surface area contributed by atoms with Crippen molar-refractivity contribution in [1.29, 1.82) is 0 Å². The lowest BCUT2D eigenvalue weighted by Gasteiger charge is -2.39. The SMILES string of the molecule is OC[C@@H]1O[C@H](CO)[C@H](O)C(O)[C@H]1O. The fraction of sp³-hybridized carbons (Fsp3) is 1.00. The predicted molar refractivity (Wildman–Crippen MR) is 40.9 cm³/mol. The number of aliphatic hydroxyl groups is 5. The minimum absolute atomic E-state index is 0.471. The quantitative estimate of drug-likeness (QED) is 0.317. The van der Waals surface area contributed by atoms with Gasteiger partial charge in [0.15, 0.2) is 0 Å². The summed E-state index contributed by atoms with van der Waals surface area (Å²) in [6, 6.07) is 0. The van der Waals surface area contributed by atoms with E-state index in [0.29, 0.717) is 0 Å². The number of hydrogen-bond donors (Lipinski definition) is 5. The van der Waals surface area contributed by atoms with Gasteiger partial charge >= 0.3 is 0 Å². The van der Waals surface area contributed by atoms with Gasteiger partial charge in [-0.15, -0.1) is 0 Å². The van der Waals surface area contributed by atoms with Crippen LogP contribution in [0.25, 0.3) is 0 Å². The average Bonchev–Trinajstić information content (AvgIpc) is 2.15. The Hall–Kier alpha value is -0.240. The summed E-state index contributed by atoms with van der Waals surface area (Å²) in [7, 11) is 0. The molecule has 0 aromatic carbocycles. The van der Waals surface area contributed by atoms with Gasteiger partial charge in [0.25, 0.3) is 0 Å². The molecule has 6 nitrogen and oxygen atoms in total. The molecule has 0 saturated carbocycles. The van der Waals surface area contributed by atoms with E-state index in [4.69, 9.17) is 14.9 Å². The average molecular weight is 194 g/mol. The van der Waals surface area contributed by atoms with Crippen LogP contribution in [0.3, 0.4) is 0 Å². The molecular weight excluding hydrogens is 180 g/mol. The van der Waals surface area contributed by atoms with E-state index in [0.717, 1.165) is 0 Å². The van der Waals surface area contributed by atoms with Crippen molar-refractivity contribution in [2.24, 2.45) is 0 Å². The highest BCUT2D eigenvalue weighted by Crippen LogP contribution is 2.20. The van der Waals surface area contributed by atoms with Crippen LogP contribution in [0.2, 0.25) is 0 Å². The summed E-state index contributed by atoms with van der Waals surface area (Å²) in [5.74, 6) is 0. The molecule has 1 aliphatic heterocycles. The maximum Gasteiger partial charge on any atom is 0.111 e. The monoisotopic (exact) mass is 194 g/mol. The zero-order chi connectivity index (χ0) is 10.0. The Balaban J connectivity index is 2.66. The van der Waals surface area contributed by atoms with E-state index in [1.165, 1.54) is 0 Å². The molecule has 5 N–H and O–H groups in total. The van der Waals surface area contributed by atoms with Crippen molar-refractivity contribution >= 4 is 0 Å². The third-order valence-electron chi connectivity index (χ3n) is 2.17. The maximum atomic E-state index is 9.25. The number of rotatable bonds is 2. The van der Waals surface area contributed by atoms with E-state index in [1.807, 2.05) is 0 Å². The topological polar surface area (TPSA) is 110 Å². The van der Waals surface area contributed by atoms with Gasteiger partial charge in [-0.1, -0.05) is 0 Å². The van der Waals surface area contributed by atoms with Gasteiger partial charge in [-0.05, 0) is 0 Å². The molecule has 0 amide bonds. The van der Waals surface area contributed by atoms with Crippen LogP contribution in [0, 0.1) is 0 Å². The molecule has 6 heteroatoms. The van der Waals surface area contributed by atoms with Crippen molar-refractivity contribution in [3.05, 3.63) is 0 Å². The second-order valence-corrected chi connectivity index (χ2v) is 3.05. The molecule has 0 aliphatic carbocycles. The highest BCUT2D eigenvalue weighted by atomic mass is 16.6. The van der Waals surface area contributed by atoms with E-state index in [9.17, 15) is 15.3 Å². The second kappa shape index (κ2) is 4.32. The molecule has 1 aliphatic rings. The van der Waals surface area contributed by atoms with Crippen LogP contribution < -0.4 is 0 Å². The molecule has 1 heterocycles. The summed E-state index contributed by atoms with van der Waals surface area (Å²) in [4.78, 5) is 0. The first-order valence-corrected chi connectivity index (χ1v) is 4.03. The molecule has 1 unspecified atom stereocenters. The molecule has 5 atom stereocenters. The van der Waals surface area contributed by atoms with Gasteiger partial charge < -0.3 is 30.3 Å². The molecule has 0 aromatic heterocycles. The maximum absolute atomic E-state index is 9.25. The fourth-order valence-electron chi connectivity index (χ4n) is 1.33. The van der Waals surface area contributed by atoms with Crippen molar-refractivity contribution in [1.82, 2.24) is 0 Å². The predicted octanol–water partition coefficient (Wildman–Crippen LogP) is -3.18. The van der Waals surface area contributed by atoms with Gasteiger partial charge in [-0.3, -0.25) is 0 Å². The molecule has 0 spiro atoms. The molecule has 1 saturated heterocycles. The third-order valence-corrected chi connectivity index (χ3v) is 2.17. The molecule has 78 valence electrons. The summed E-state index contributed by atoms with van der Waals surface area (Å²) >= 11 is 0. The van der Waals surface area contributed by atoms with Gasteiger partial charge in [0.05, 0.1) is 13.2 Å². The first-order valence-electron chi connectivity index (χ1n) is 4.03. The first kappa shape index (κ1) is 10.8. The molecule has 1 rings (SSSR count). The summed E-state index contributed by atoms with van der Waals surface area (Å²) in [5.41, 5.74) is 0. The Morgan fingerprint density at radius 2 is 1.15 bits per heavy atom. The van der Waals surface area contributed by atoms with E-state index >= 15 is 0 Å². The standard InChI is InChI=1S/C7H14O6/c8-1-3-5(10)7(12)6(11)4(2-9)13-3/h3-12H,1-2H2/t3-,4+,5-,6-,7?/m0/s1. The van der Waals surface area contributed by atoms with Crippen LogP contribution in [0.1, 0.15) is 0 Å². The lowest BCUT2D eigenvalue weighted by molar-refractivity contribution is -0.235. The Labute approximate surface area is 75.0 Å². The van der Waals surface area contributed by atoms with E-state index in [-0.39, 0.29) is 0 Å². The summed E-state index contributed by atoms with van der Waals surface area (Å²) in [6.07, 6.45) is -5.99. The Bertz CT molecular complexity index is 143. The molecule has 0 aromatic rings. The van der Waals surface area contributed by atoms with Crippen LogP contribution in [-0.2, 0) is 4.74 Å². The highest BCUT2D eigenvalue weighted by molar-refractivity contribution is 4.91. The largest absolute Gasteiger partial charge is 0.394 e. The van der Waals surface area contributed by atoms with E-state index in [2.05, 4.69) is 0 Å². The van der Waals surface area contributed by atoms with E-state index < -0.39 is 43.7 Å². The number of ether oxygens (including phenoxy) is 1. The van der Waals surface area contributed by atoms with Crippen LogP contribution in [0.4, 0.5) is 0 Å². The highest BCUT2D eigenvalue weighted by Gasteiger charge is 2.42. The fourth-order valence-corrected chi connectivity index (χ4v) is 1.33. The van der Waals surface area contributed by atoms with E-state index in [1.54, 1.807) is 0 Å². The summed E-state index contributed by atoms with van der Waals surface area (Å²) in [6.45, 7) is -0.942. The van der Waals surface area contributed by atoms with Gasteiger partial charge in [0, 0.05) is 0 Å². The van der Waals surface area contributed by atoms with Crippen LogP contribution >= 0.6 is 0 Å². The zero-order valence-electron chi connectivity index (χ0n) is 6.95. The summed E-state index contributed by atoms with van der Waals surface area (Å²) in [5, 5.41) is 45.2. The van der Waals surface area contributed by atoms with Gasteiger partial charge in [-0.25, -0.2) is 0 Å². The zero-order valence-corrected chi connectivity index (χ0v) is 6.95. The van der Waals surface area contributed by atoms with Crippen molar-refractivity contribution in [3.8, 4) is 0 Å². The molecule has 0 radical (unpaired) electrons.